The van der Waals surface area contributed by atoms with Gasteiger partial charge in [0.2, 0.25) is 11.9 Å². The van der Waals surface area contributed by atoms with Gasteiger partial charge >= 0.3 is 0 Å². The fourth-order valence-corrected chi connectivity index (χ4v) is 4.42. The summed E-state index contributed by atoms with van der Waals surface area (Å²) < 4.78 is 5.66. The molecule has 0 aliphatic carbocycles. The Morgan fingerprint density at radius 1 is 0.652 bits per heavy atom. The third-order valence-electron chi connectivity index (χ3n) is 6.46. The summed E-state index contributed by atoms with van der Waals surface area (Å²) in [7, 11) is 0. The lowest BCUT2D eigenvalue weighted by Crippen LogP contribution is -2.04. The minimum Gasteiger partial charge on any atom is -0.507 e. The summed E-state index contributed by atoms with van der Waals surface area (Å²) >= 11 is 3.00. The molecule has 0 fully saturated rings. The van der Waals surface area contributed by atoms with Gasteiger partial charge in [0.05, 0.1) is 24.2 Å². The fourth-order valence-electron chi connectivity index (χ4n) is 4.42. The third kappa shape index (κ3) is 8.81. The molecule has 6 aromatic rings. The monoisotopic (exact) mass is 688 g/mol. The van der Waals surface area contributed by atoms with Gasteiger partial charge in [-0.15, -0.1) is 20.4 Å². The number of ether oxygens (including phenoxy) is 1. The average Bonchev–Trinajstić information content (AvgIpc) is 3.04. The molecule has 46 heavy (non-hydrogen) atoms. The molecule has 2 aromatic heterocycles. The lowest BCUT2D eigenvalue weighted by Gasteiger charge is -2.13. The number of aliphatic hydroxyl groups excluding tert-OH is 2. The number of aliphatic hydroxyl groups is 2. The van der Waals surface area contributed by atoms with Crippen LogP contribution in [-0.4, -0.2) is 70.8 Å². The Hall–Kier alpha value is -4.98. The van der Waals surface area contributed by atoms with Gasteiger partial charge in [-0.1, -0.05) is 71.9 Å². The molecular formula is C33H37BrN8O4. The van der Waals surface area contributed by atoms with Crippen LogP contribution in [0.25, 0.3) is 44.3 Å². The number of fused-ring (bicyclic) bond motifs is 2. The van der Waals surface area contributed by atoms with Crippen molar-refractivity contribution in [1.29, 1.82) is 0 Å². The molecule has 2 heterocycles. The van der Waals surface area contributed by atoms with Crippen molar-refractivity contribution in [3.8, 4) is 33.8 Å². The zero-order chi connectivity index (χ0) is 32.3. The van der Waals surface area contributed by atoms with Crippen LogP contribution in [0.2, 0.25) is 0 Å². The minimum absolute atomic E-state index is 0. The molecule has 0 amide bonds. The van der Waals surface area contributed by atoms with Gasteiger partial charge in [-0.2, -0.15) is 0 Å². The molecule has 7 N–H and O–H groups in total. The number of rotatable bonds is 6. The highest BCUT2D eigenvalue weighted by Crippen LogP contribution is 2.35. The van der Waals surface area contributed by atoms with Crippen molar-refractivity contribution < 1.29 is 20.1 Å². The second kappa shape index (κ2) is 16.9. The molecular weight excluding hydrogens is 652 g/mol. The van der Waals surface area contributed by atoms with E-state index in [9.17, 15) is 5.11 Å². The molecule has 0 radical (unpaired) electrons. The van der Waals surface area contributed by atoms with Crippen molar-refractivity contribution in [1.82, 2.24) is 30.4 Å². The second-order valence-corrected chi connectivity index (χ2v) is 10.4. The third-order valence-corrected chi connectivity index (χ3v) is 6.82. The number of alkyl halides is 1. The Labute approximate surface area is 275 Å². The van der Waals surface area contributed by atoms with Crippen LogP contribution < -0.4 is 16.2 Å². The van der Waals surface area contributed by atoms with Crippen molar-refractivity contribution in [2.24, 2.45) is 0 Å². The number of aromatic nitrogens is 6. The molecule has 0 spiro atoms. The Balaban J connectivity index is 0.000000222. The van der Waals surface area contributed by atoms with E-state index >= 15 is 0 Å². The Morgan fingerprint density at radius 3 is 1.63 bits per heavy atom. The van der Waals surface area contributed by atoms with Gasteiger partial charge in [0.15, 0.2) is 0 Å². The van der Waals surface area contributed by atoms with Gasteiger partial charge in [0, 0.05) is 28.6 Å². The summed E-state index contributed by atoms with van der Waals surface area (Å²) in [6, 6.07) is 22.8. The molecule has 0 atom stereocenters. The zero-order valence-corrected chi connectivity index (χ0v) is 26.3. The minimum atomic E-state index is -0.0601. The summed E-state index contributed by atoms with van der Waals surface area (Å²) in [5.41, 5.74) is 19.2. The first-order valence-electron chi connectivity index (χ1n) is 13.8. The SMILES string of the molecule is C.Cc1ccccc1-c1cc2nnc(N)nc2cc1O.Cc1ccccc1-c1cc2nnc(N)nc2cc1OCCO.OCCBr. The Morgan fingerprint density at radius 2 is 1.13 bits per heavy atom. The highest BCUT2D eigenvalue weighted by atomic mass is 79.9. The molecule has 0 aliphatic heterocycles. The summed E-state index contributed by atoms with van der Waals surface area (Å²) in [5.74, 6) is 0.997. The smallest absolute Gasteiger partial charge is 0.240 e. The number of hydrogen-bond acceptors (Lipinski definition) is 12. The number of phenols is 1. The number of aromatic hydroxyl groups is 1. The van der Waals surface area contributed by atoms with Crippen LogP contribution in [0.3, 0.4) is 0 Å². The van der Waals surface area contributed by atoms with Gasteiger partial charge in [0.1, 0.15) is 29.1 Å². The summed E-state index contributed by atoms with van der Waals surface area (Å²) in [5, 5.41) is 43.3. The molecule has 240 valence electrons. The second-order valence-electron chi connectivity index (χ2n) is 9.65. The van der Waals surface area contributed by atoms with E-state index in [2.05, 4.69) is 46.3 Å². The van der Waals surface area contributed by atoms with Crippen LogP contribution in [-0.2, 0) is 0 Å². The maximum Gasteiger partial charge on any atom is 0.240 e. The van der Waals surface area contributed by atoms with E-state index in [0.717, 1.165) is 27.8 Å². The molecule has 0 unspecified atom stereocenters. The first-order valence-corrected chi connectivity index (χ1v) is 15.0. The van der Waals surface area contributed by atoms with Gasteiger partial charge in [-0.05, 0) is 48.2 Å². The number of anilines is 2. The number of aryl methyl sites for hydroxylation is 2. The van der Waals surface area contributed by atoms with Crippen LogP contribution in [0, 0.1) is 13.8 Å². The van der Waals surface area contributed by atoms with Crippen LogP contribution >= 0.6 is 15.9 Å². The molecule has 13 heteroatoms. The predicted octanol–water partition coefficient (Wildman–Crippen LogP) is 5.25. The van der Waals surface area contributed by atoms with Gasteiger partial charge in [0.25, 0.3) is 0 Å². The largest absolute Gasteiger partial charge is 0.507 e. The average molecular weight is 690 g/mol. The quantitative estimate of drug-likeness (QED) is 0.143. The molecule has 0 saturated heterocycles. The first kappa shape index (κ1) is 35.5. The van der Waals surface area contributed by atoms with Gasteiger partial charge in [-0.25, -0.2) is 9.97 Å². The van der Waals surface area contributed by atoms with Crippen LogP contribution in [0.5, 0.6) is 11.5 Å². The number of hydrogen-bond donors (Lipinski definition) is 5. The topological polar surface area (TPSA) is 199 Å². The zero-order valence-electron chi connectivity index (χ0n) is 24.7. The van der Waals surface area contributed by atoms with Crippen LogP contribution in [0.15, 0.2) is 72.8 Å². The van der Waals surface area contributed by atoms with Crippen LogP contribution in [0.1, 0.15) is 18.6 Å². The van der Waals surface area contributed by atoms with E-state index in [0.29, 0.717) is 38.7 Å². The maximum atomic E-state index is 10.1. The Kier molecular flexibility index (Phi) is 13.1. The lowest BCUT2D eigenvalue weighted by molar-refractivity contribution is 0.202. The molecule has 0 bridgehead atoms. The van der Waals surface area contributed by atoms with E-state index in [-0.39, 0.29) is 44.9 Å². The molecule has 6 rings (SSSR count). The lowest BCUT2D eigenvalue weighted by atomic mass is 9.99. The van der Waals surface area contributed by atoms with Crippen molar-refractivity contribution >= 4 is 49.9 Å². The Bertz CT molecular complexity index is 1910. The van der Waals surface area contributed by atoms with Crippen molar-refractivity contribution in [3.63, 3.8) is 0 Å². The van der Waals surface area contributed by atoms with Crippen LogP contribution in [0.4, 0.5) is 11.9 Å². The van der Waals surface area contributed by atoms with Crippen molar-refractivity contribution in [3.05, 3.63) is 83.9 Å². The first-order chi connectivity index (χ1) is 21.7. The number of nitrogens with two attached hydrogens (primary N) is 2. The fraction of sp³-hybridized carbons (Fsp3) is 0.212. The normalized spacial score (nSPS) is 10.3. The van der Waals surface area contributed by atoms with Gasteiger partial charge < -0.3 is 31.5 Å². The van der Waals surface area contributed by atoms with Gasteiger partial charge in [-0.3, -0.25) is 0 Å². The number of nitrogens with zero attached hydrogens (tertiary/aromatic N) is 6. The number of benzene rings is 4. The standard InChI is InChI=1S/C16H16N4O2.C14H12N4O.C2H5BrO.CH4/c1-10-4-2-3-5-11(10)12-8-14-13(18-16(17)20-19-14)9-15(12)22-7-6-21;1-8-4-2-3-5-9(8)10-6-12-11(7-13(10)19)16-14(15)18-17-12;3-1-2-4;/h2-5,8-9,21H,6-7H2,1H3,(H2,17,18,20);2-7,19H,1H3,(H2,15,16,18);4H,1-2H2;1H4. The highest BCUT2D eigenvalue weighted by molar-refractivity contribution is 9.09. The molecule has 4 aromatic carbocycles. The number of halogens is 1. The summed E-state index contributed by atoms with van der Waals surface area (Å²) in [6.45, 7) is 4.40. The van der Waals surface area contributed by atoms with Crippen molar-refractivity contribution in [2.75, 3.05) is 36.6 Å². The molecule has 0 aliphatic rings. The maximum absolute atomic E-state index is 10.1. The molecule has 12 nitrogen and oxygen atoms in total. The molecule has 0 saturated carbocycles. The summed E-state index contributed by atoms with van der Waals surface area (Å²) in [6.07, 6.45) is 0. The highest BCUT2D eigenvalue weighted by Gasteiger charge is 2.13. The number of phenolic OH excluding ortho intramolecular Hbond substituents is 1. The predicted molar refractivity (Wildman–Crippen MR) is 186 cm³/mol. The summed E-state index contributed by atoms with van der Waals surface area (Å²) in [4.78, 5) is 8.20. The van der Waals surface area contributed by atoms with E-state index in [4.69, 9.17) is 26.4 Å². The van der Waals surface area contributed by atoms with E-state index < -0.39 is 0 Å². The van der Waals surface area contributed by atoms with E-state index in [1.807, 2.05) is 68.4 Å². The van der Waals surface area contributed by atoms with E-state index in [1.54, 1.807) is 18.2 Å². The number of nitrogen functional groups attached to an aromatic ring is 2. The van der Waals surface area contributed by atoms with E-state index in [1.165, 1.54) is 0 Å². The van der Waals surface area contributed by atoms with Crippen molar-refractivity contribution in [2.45, 2.75) is 21.3 Å².